The molecule has 2 N–H and O–H groups in total. The summed E-state index contributed by atoms with van der Waals surface area (Å²) in [6.45, 7) is 4.17. The second-order valence-corrected chi connectivity index (χ2v) is 7.50. The Kier molecular flexibility index (Phi) is 4.32. The van der Waals surface area contributed by atoms with Crippen LogP contribution in [0, 0.1) is 13.8 Å². The van der Waals surface area contributed by atoms with Gasteiger partial charge in [-0.15, -0.1) is 0 Å². The van der Waals surface area contributed by atoms with E-state index in [9.17, 15) is 13.2 Å². The van der Waals surface area contributed by atoms with Crippen molar-refractivity contribution >= 4 is 21.4 Å². The summed E-state index contributed by atoms with van der Waals surface area (Å²) in [4.78, 5) is 11.8. The number of nitrogens with one attached hydrogen (secondary N) is 2. The molecular weight excluding hydrogens is 276 g/mol. The van der Waals surface area contributed by atoms with Gasteiger partial charge in [0.25, 0.3) is 0 Å². The molecule has 1 aliphatic heterocycles. The van der Waals surface area contributed by atoms with Crippen molar-refractivity contribution in [3.05, 3.63) is 29.3 Å². The van der Waals surface area contributed by atoms with E-state index in [2.05, 4.69) is 10.6 Å². The molecule has 1 aromatic rings. The number of sulfone groups is 1. The normalized spacial score (nSPS) is 20.6. The number of hydrogen-bond donors (Lipinski definition) is 2. The Hall–Kier alpha value is -1.56. The fourth-order valence-electron chi connectivity index (χ4n) is 2.31. The van der Waals surface area contributed by atoms with Crippen molar-refractivity contribution in [1.29, 1.82) is 0 Å². The van der Waals surface area contributed by atoms with E-state index in [4.69, 9.17) is 0 Å². The maximum absolute atomic E-state index is 11.8. The van der Waals surface area contributed by atoms with Gasteiger partial charge in [-0.3, -0.25) is 4.79 Å². The number of aryl methyl sites for hydroxylation is 1. The summed E-state index contributed by atoms with van der Waals surface area (Å²) in [6.07, 6.45) is 0.511. The lowest BCUT2D eigenvalue weighted by atomic mass is 10.1. The predicted molar refractivity (Wildman–Crippen MR) is 79.6 cm³/mol. The lowest BCUT2D eigenvalue weighted by molar-refractivity contribution is -0.119. The van der Waals surface area contributed by atoms with Crippen molar-refractivity contribution < 1.29 is 13.2 Å². The number of benzene rings is 1. The Labute approximate surface area is 119 Å². The number of rotatable bonds is 4. The molecule has 1 saturated heterocycles. The van der Waals surface area contributed by atoms with Crippen molar-refractivity contribution in [2.24, 2.45) is 0 Å². The number of hydrogen-bond acceptors (Lipinski definition) is 4. The second kappa shape index (κ2) is 5.83. The minimum absolute atomic E-state index is 0.0578. The summed E-state index contributed by atoms with van der Waals surface area (Å²) in [6, 6.07) is 5.64. The molecule has 1 aromatic carbocycles. The van der Waals surface area contributed by atoms with Crippen molar-refractivity contribution in [3.8, 4) is 0 Å². The van der Waals surface area contributed by atoms with E-state index >= 15 is 0 Å². The zero-order chi connectivity index (χ0) is 14.8. The Morgan fingerprint density at radius 1 is 1.35 bits per heavy atom. The average molecular weight is 296 g/mol. The van der Waals surface area contributed by atoms with Gasteiger partial charge in [-0.25, -0.2) is 8.42 Å². The maximum atomic E-state index is 11.8. The molecule has 0 aromatic heterocycles. The molecule has 110 valence electrons. The van der Waals surface area contributed by atoms with Gasteiger partial charge in [-0.05, 0) is 37.5 Å². The standard InChI is InChI=1S/C14H20N2O3S/c1-10-4-3-5-13(11(10)2)15-8-14(17)16-12-6-7-20(18,19)9-12/h3-5,12,15H,6-9H2,1-2H3,(H,16,17)/t12-/m0/s1. The lowest BCUT2D eigenvalue weighted by Gasteiger charge is -2.14. The van der Waals surface area contributed by atoms with Gasteiger partial charge in [0.15, 0.2) is 9.84 Å². The van der Waals surface area contributed by atoms with Crippen LogP contribution in [-0.2, 0) is 14.6 Å². The van der Waals surface area contributed by atoms with Crippen molar-refractivity contribution in [2.45, 2.75) is 26.3 Å². The van der Waals surface area contributed by atoms with Crippen LogP contribution < -0.4 is 10.6 Å². The van der Waals surface area contributed by atoms with E-state index in [1.54, 1.807) is 0 Å². The maximum Gasteiger partial charge on any atom is 0.239 e. The monoisotopic (exact) mass is 296 g/mol. The molecule has 5 nitrogen and oxygen atoms in total. The molecule has 0 aliphatic carbocycles. The third-order valence-electron chi connectivity index (χ3n) is 3.64. The first-order valence-electron chi connectivity index (χ1n) is 6.67. The van der Waals surface area contributed by atoms with Crippen LogP contribution in [0.4, 0.5) is 5.69 Å². The van der Waals surface area contributed by atoms with Crippen LogP contribution in [0.25, 0.3) is 0 Å². The van der Waals surface area contributed by atoms with Crippen LogP contribution in [0.5, 0.6) is 0 Å². The summed E-state index contributed by atoms with van der Waals surface area (Å²) in [5.74, 6) is 0.0536. The van der Waals surface area contributed by atoms with Gasteiger partial charge in [0.1, 0.15) is 0 Å². The highest BCUT2D eigenvalue weighted by molar-refractivity contribution is 7.91. The van der Waals surface area contributed by atoms with Gasteiger partial charge in [0, 0.05) is 11.7 Å². The summed E-state index contributed by atoms with van der Waals surface area (Å²) in [5.41, 5.74) is 3.21. The smallest absolute Gasteiger partial charge is 0.239 e. The molecule has 1 amide bonds. The Bertz CT molecular complexity index is 611. The van der Waals surface area contributed by atoms with Crippen molar-refractivity contribution in [1.82, 2.24) is 5.32 Å². The van der Waals surface area contributed by atoms with E-state index in [1.165, 1.54) is 0 Å². The molecule has 6 heteroatoms. The largest absolute Gasteiger partial charge is 0.376 e. The summed E-state index contributed by atoms with van der Waals surface area (Å²) >= 11 is 0. The molecule has 2 rings (SSSR count). The molecule has 0 spiro atoms. The predicted octanol–water partition coefficient (Wildman–Crippen LogP) is 1.02. The van der Waals surface area contributed by atoms with Gasteiger partial charge < -0.3 is 10.6 Å². The first kappa shape index (κ1) is 14.8. The SMILES string of the molecule is Cc1cccc(NCC(=O)N[C@H]2CCS(=O)(=O)C2)c1C. The highest BCUT2D eigenvalue weighted by Gasteiger charge is 2.28. The average Bonchev–Trinajstić information content (AvgIpc) is 2.70. The Morgan fingerprint density at radius 2 is 2.10 bits per heavy atom. The summed E-state index contributed by atoms with van der Waals surface area (Å²) in [7, 11) is -2.96. The molecule has 1 fully saturated rings. The van der Waals surface area contributed by atoms with Crippen LogP contribution in [-0.4, -0.2) is 38.4 Å². The van der Waals surface area contributed by atoms with Crippen LogP contribution in [0.3, 0.4) is 0 Å². The second-order valence-electron chi connectivity index (χ2n) is 5.27. The molecule has 20 heavy (non-hydrogen) atoms. The molecule has 0 radical (unpaired) electrons. The van der Waals surface area contributed by atoms with Gasteiger partial charge >= 0.3 is 0 Å². The van der Waals surface area contributed by atoms with Gasteiger partial charge in [-0.1, -0.05) is 12.1 Å². The molecule has 1 atom stereocenters. The van der Waals surface area contributed by atoms with Gasteiger partial charge in [0.2, 0.25) is 5.91 Å². The Balaban J connectivity index is 1.85. The first-order valence-corrected chi connectivity index (χ1v) is 8.49. The molecule has 1 heterocycles. The first-order chi connectivity index (χ1) is 9.37. The van der Waals surface area contributed by atoms with Gasteiger partial charge in [-0.2, -0.15) is 0 Å². The number of carbonyl (C=O) groups is 1. The van der Waals surface area contributed by atoms with E-state index in [0.717, 1.165) is 16.8 Å². The molecule has 0 bridgehead atoms. The zero-order valence-electron chi connectivity index (χ0n) is 11.8. The topological polar surface area (TPSA) is 75.3 Å². The molecule has 0 saturated carbocycles. The lowest BCUT2D eigenvalue weighted by Crippen LogP contribution is -2.39. The molecule has 1 aliphatic rings. The Morgan fingerprint density at radius 3 is 2.75 bits per heavy atom. The number of anilines is 1. The quantitative estimate of drug-likeness (QED) is 0.870. The summed E-state index contributed by atoms with van der Waals surface area (Å²) < 4.78 is 22.6. The van der Waals surface area contributed by atoms with E-state index < -0.39 is 9.84 Å². The fraction of sp³-hybridized carbons (Fsp3) is 0.500. The van der Waals surface area contributed by atoms with Crippen LogP contribution in [0.2, 0.25) is 0 Å². The van der Waals surface area contributed by atoms with Crippen molar-refractivity contribution in [2.75, 3.05) is 23.4 Å². The summed E-state index contributed by atoms with van der Waals surface area (Å²) in [5, 5.41) is 5.84. The van der Waals surface area contributed by atoms with Crippen LogP contribution >= 0.6 is 0 Å². The molecule has 0 unspecified atom stereocenters. The van der Waals surface area contributed by atoms with Crippen LogP contribution in [0.15, 0.2) is 18.2 Å². The zero-order valence-corrected chi connectivity index (χ0v) is 12.6. The minimum atomic E-state index is -2.96. The highest BCUT2D eigenvalue weighted by Crippen LogP contribution is 2.17. The van der Waals surface area contributed by atoms with Crippen LogP contribution in [0.1, 0.15) is 17.5 Å². The third kappa shape index (κ3) is 3.72. The van der Waals surface area contributed by atoms with Crippen molar-refractivity contribution in [3.63, 3.8) is 0 Å². The number of carbonyl (C=O) groups excluding carboxylic acids is 1. The number of amides is 1. The minimum Gasteiger partial charge on any atom is -0.376 e. The van der Waals surface area contributed by atoms with Gasteiger partial charge in [0.05, 0.1) is 18.1 Å². The van der Waals surface area contributed by atoms with E-state index in [1.807, 2.05) is 32.0 Å². The van der Waals surface area contributed by atoms with E-state index in [-0.39, 0.29) is 30.0 Å². The third-order valence-corrected chi connectivity index (χ3v) is 5.41. The highest BCUT2D eigenvalue weighted by atomic mass is 32.2. The van der Waals surface area contributed by atoms with E-state index in [0.29, 0.717) is 6.42 Å². The molecular formula is C14H20N2O3S. The fourth-order valence-corrected chi connectivity index (χ4v) is 3.98.